The van der Waals surface area contributed by atoms with Crippen molar-refractivity contribution in [1.29, 1.82) is 0 Å². The van der Waals surface area contributed by atoms with Gasteiger partial charge in [-0.15, -0.1) is 0 Å². The molecule has 2 N–H and O–H groups in total. The van der Waals surface area contributed by atoms with Crippen molar-refractivity contribution < 1.29 is 14.3 Å². The normalized spacial score (nSPS) is 23.8. The van der Waals surface area contributed by atoms with Crippen LogP contribution >= 0.6 is 0 Å². The van der Waals surface area contributed by atoms with Crippen LogP contribution in [0.4, 0.5) is 0 Å². The molecule has 4 heteroatoms. The highest BCUT2D eigenvalue weighted by molar-refractivity contribution is 5.89. The van der Waals surface area contributed by atoms with Crippen molar-refractivity contribution in [1.82, 2.24) is 0 Å². The molecule has 1 fully saturated rings. The molecule has 0 atom stereocenters. The van der Waals surface area contributed by atoms with Crippen LogP contribution in [0.25, 0.3) is 0 Å². The van der Waals surface area contributed by atoms with Crippen LogP contribution < -0.4 is 5.73 Å². The Morgan fingerprint density at radius 3 is 2.00 bits per heavy atom. The van der Waals surface area contributed by atoms with Crippen LogP contribution in [0, 0.1) is 0 Å². The van der Waals surface area contributed by atoms with Gasteiger partial charge in [-0.3, -0.25) is 9.59 Å². The average Bonchev–Trinajstić information content (AvgIpc) is 2.11. The Kier molecular flexibility index (Phi) is 2.59. The molecule has 0 spiro atoms. The zero-order chi connectivity index (χ0) is 9.19. The SMILES string of the molecule is COC1(N)CC(=O)CCC(=O)C1. The molecule has 0 aliphatic heterocycles. The monoisotopic (exact) mass is 171 g/mol. The van der Waals surface area contributed by atoms with E-state index in [0.717, 1.165) is 0 Å². The number of Topliss-reactive ketones (excluding diaryl/α,β-unsaturated/α-hetero) is 2. The Bertz CT molecular complexity index is 194. The third-order valence-electron chi connectivity index (χ3n) is 2.08. The van der Waals surface area contributed by atoms with E-state index >= 15 is 0 Å². The fraction of sp³-hybridized carbons (Fsp3) is 0.750. The number of ether oxygens (including phenoxy) is 1. The van der Waals surface area contributed by atoms with Crippen molar-refractivity contribution in [3.05, 3.63) is 0 Å². The van der Waals surface area contributed by atoms with E-state index in [1.165, 1.54) is 7.11 Å². The predicted octanol–water partition coefficient (Wildman–Crippen LogP) is -0.000000000000000222. The number of hydrogen-bond donors (Lipinski definition) is 1. The Balaban J connectivity index is 2.74. The number of carbonyl (C=O) groups excluding carboxylic acids is 2. The average molecular weight is 171 g/mol. The van der Waals surface area contributed by atoms with Crippen molar-refractivity contribution in [2.24, 2.45) is 5.73 Å². The van der Waals surface area contributed by atoms with Gasteiger partial charge in [0.2, 0.25) is 0 Å². The molecule has 0 aromatic carbocycles. The minimum Gasteiger partial charge on any atom is -0.363 e. The number of nitrogens with two attached hydrogens (primary N) is 1. The molecule has 0 unspecified atom stereocenters. The van der Waals surface area contributed by atoms with E-state index in [1.807, 2.05) is 0 Å². The Labute approximate surface area is 71.1 Å². The van der Waals surface area contributed by atoms with Crippen LogP contribution in [0.1, 0.15) is 25.7 Å². The van der Waals surface area contributed by atoms with Gasteiger partial charge >= 0.3 is 0 Å². The lowest BCUT2D eigenvalue weighted by Crippen LogP contribution is -2.44. The minimum atomic E-state index is -1.05. The molecule has 12 heavy (non-hydrogen) atoms. The number of hydrogen-bond acceptors (Lipinski definition) is 4. The molecule has 4 nitrogen and oxygen atoms in total. The summed E-state index contributed by atoms with van der Waals surface area (Å²) < 4.78 is 4.94. The van der Waals surface area contributed by atoms with E-state index in [2.05, 4.69) is 0 Å². The molecule has 1 aliphatic rings. The third-order valence-corrected chi connectivity index (χ3v) is 2.08. The lowest BCUT2D eigenvalue weighted by Gasteiger charge is -2.24. The molecule has 0 heterocycles. The molecule has 0 amide bonds. The van der Waals surface area contributed by atoms with Gasteiger partial charge in [0.25, 0.3) is 0 Å². The van der Waals surface area contributed by atoms with Gasteiger partial charge in [0.1, 0.15) is 17.3 Å². The van der Waals surface area contributed by atoms with Gasteiger partial charge in [0.15, 0.2) is 0 Å². The Morgan fingerprint density at radius 1 is 1.25 bits per heavy atom. The van der Waals surface area contributed by atoms with E-state index in [-0.39, 0.29) is 24.4 Å². The van der Waals surface area contributed by atoms with Crippen LogP contribution in [0.3, 0.4) is 0 Å². The summed E-state index contributed by atoms with van der Waals surface area (Å²) in [5.41, 5.74) is 4.62. The number of ketones is 2. The van der Waals surface area contributed by atoms with E-state index in [0.29, 0.717) is 12.8 Å². The van der Waals surface area contributed by atoms with Gasteiger partial charge < -0.3 is 10.5 Å². The summed E-state index contributed by atoms with van der Waals surface area (Å²) in [4.78, 5) is 22.2. The van der Waals surface area contributed by atoms with Crippen molar-refractivity contribution in [2.45, 2.75) is 31.4 Å². The van der Waals surface area contributed by atoms with E-state index in [1.54, 1.807) is 0 Å². The first-order valence-corrected chi connectivity index (χ1v) is 3.93. The van der Waals surface area contributed by atoms with E-state index in [9.17, 15) is 9.59 Å². The Morgan fingerprint density at radius 2 is 1.67 bits per heavy atom. The van der Waals surface area contributed by atoms with Gasteiger partial charge in [-0.05, 0) is 0 Å². The maximum atomic E-state index is 11.1. The van der Waals surface area contributed by atoms with Gasteiger partial charge in [0, 0.05) is 32.8 Å². The third kappa shape index (κ3) is 2.12. The summed E-state index contributed by atoms with van der Waals surface area (Å²) >= 11 is 0. The second-order valence-corrected chi connectivity index (χ2v) is 3.20. The highest BCUT2D eigenvalue weighted by Gasteiger charge is 2.33. The van der Waals surface area contributed by atoms with E-state index in [4.69, 9.17) is 10.5 Å². The summed E-state index contributed by atoms with van der Waals surface area (Å²) in [6, 6.07) is 0. The lowest BCUT2D eigenvalue weighted by atomic mass is 10.1. The van der Waals surface area contributed by atoms with Gasteiger partial charge in [-0.25, -0.2) is 0 Å². The van der Waals surface area contributed by atoms with Crippen molar-refractivity contribution in [3.63, 3.8) is 0 Å². The fourth-order valence-corrected chi connectivity index (χ4v) is 1.33. The summed E-state index contributed by atoms with van der Waals surface area (Å²) in [6.07, 6.45) is 0.909. The quantitative estimate of drug-likeness (QED) is 0.445. The first-order valence-electron chi connectivity index (χ1n) is 3.93. The fourth-order valence-electron chi connectivity index (χ4n) is 1.33. The smallest absolute Gasteiger partial charge is 0.137 e. The van der Waals surface area contributed by atoms with E-state index < -0.39 is 5.72 Å². The topological polar surface area (TPSA) is 69.4 Å². The number of rotatable bonds is 1. The van der Waals surface area contributed by atoms with Gasteiger partial charge in [-0.1, -0.05) is 0 Å². The van der Waals surface area contributed by atoms with Crippen LogP contribution in [0.5, 0.6) is 0 Å². The zero-order valence-corrected chi connectivity index (χ0v) is 7.13. The molecular weight excluding hydrogens is 158 g/mol. The molecule has 0 aromatic rings. The lowest BCUT2D eigenvalue weighted by molar-refractivity contribution is -0.126. The number of methoxy groups -OCH3 is 1. The molecule has 0 bridgehead atoms. The summed E-state index contributed by atoms with van der Waals surface area (Å²) in [6.45, 7) is 0. The van der Waals surface area contributed by atoms with Crippen LogP contribution in [0.15, 0.2) is 0 Å². The first kappa shape index (κ1) is 9.35. The van der Waals surface area contributed by atoms with Crippen LogP contribution in [-0.2, 0) is 14.3 Å². The largest absolute Gasteiger partial charge is 0.363 e. The van der Waals surface area contributed by atoms with Crippen molar-refractivity contribution in [3.8, 4) is 0 Å². The van der Waals surface area contributed by atoms with Crippen molar-refractivity contribution in [2.75, 3.05) is 7.11 Å². The molecule has 68 valence electrons. The molecule has 1 rings (SSSR count). The standard InChI is InChI=1S/C8H13NO3/c1-12-8(9)4-6(10)2-3-7(11)5-8/h2-5,9H2,1H3. The second-order valence-electron chi connectivity index (χ2n) is 3.20. The number of carbonyl (C=O) groups is 2. The van der Waals surface area contributed by atoms with Crippen LogP contribution in [-0.4, -0.2) is 24.4 Å². The molecule has 1 aliphatic carbocycles. The van der Waals surface area contributed by atoms with Crippen molar-refractivity contribution >= 4 is 11.6 Å². The molecule has 0 saturated heterocycles. The maximum Gasteiger partial charge on any atom is 0.137 e. The highest BCUT2D eigenvalue weighted by Crippen LogP contribution is 2.20. The zero-order valence-electron chi connectivity index (χ0n) is 7.13. The Hall–Kier alpha value is -0.740. The maximum absolute atomic E-state index is 11.1. The summed E-state index contributed by atoms with van der Waals surface area (Å²) in [5.74, 6) is 0.00963. The first-order chi connectivity index (χ1) is 5.56. The second kappa shape index (κ2) is 3.33. The molecule has 0 aromatic heterocycles. The molecule has 1 saturated carbocycles. The van der Waals surface area contributed by atoms with Gasteiger partial charge in [0.05, 0.1) is 0 Å². The summed E-state index contributed by atoms with van der Waals surface area (Å²) in [5, 5.41) is 0. The van der Waals surface area contributed by atoms with Crippen LogP contribution in [0.2, 0.25) is 0 Å². The summed E-state index contributed by atoms with van der Waals surface area (Å²) in [7, 11) is 1.42. The minimum absolute atomic E-state index is 0.00481. The molecule has 0 radical (unpaired) electrons. The predicted molar refractivity (Wildman–Crippen MR) is 42.4 cm³/mol. The highest BCUT2D eigenvalue weighted by atomic mass is 16.5. The van der Waals surface area contributed by atoms with Gasteiger partial charge in [-0.2, -0.15) is 0 Å². The molecular formula is C8H13NO3.